The number of carbonyl (C=O) groups is 1. The van der Waals surface area contributed by atoms with Crippen molar-refractivity contribution in [3.05, 3.63) is 96.2 Å². The Balaban J connectivity index is 1.65. The molecule has 0 aliphatic heterocycles. The van der Waals surface area contributed by atoms with Crippen molar-refractivity contribution < 1.29 is 22.4 Å². The highest BCUT2D eigenvalue weighted by Crippen LogP contribution is 2.33. The highest BCUT2D eigenvalue weighted by molar-refractivity contribution is 6.04. The number of rotatable bonds is 4. The van der Waals surface area contributed by atoms with Gasteiger partial charge in [-0.25, -0.2) is 9.07 Å². The van der Waals surface area contributed by atoms with Crippen LogP contribution in [0.3, 0.4) is 0 Å². The number of carbonyl (C=O) groups excluding carboxylic acids is 1. The Labute approximate surface area is 174 Å². The van der Waals surface area contributed by atoms with E-state index in [0.717, 1.165) is 10.7 Å². The van der Waals surface area contributed by atoms with Crippen molar-refractivity contribution in [1.82, 2.24) is 14.8 Å². The highest BCUT2D eigenvalue weighted by atomic mass is 19.4. The van der Waals surface area contributed by atoms with Crippen LogP contribution in [-0.2, 0) is 6.18 Å². The number of hydrogen-bond acceptors (Lipinski definition) is 3. The molecule has 9 heteroatoms. The Morgan fingerprint density at radius 2 is 1.71 bits per heavy atom. The van der Waals surface area contributed by atoms with E-state index in [4.69, 9.17) is 0 Å². The summed E-state index contributed by atoms with van der Waals surface area (Å²) < 4.78 is 54.7. The average Bonchev–Trinajstić information content (AvgIpc) is 3.21. The Bertz CT molecular complexity index is 1220. The molecule has 0 radical (unpaired) electrons. The van der Waals surface area contributed by atoms with Gasteiger partial charge in [0.15, 0.2) is 5.69 Å². The molecule has 4 aromatic rings. The topological polar surface area (TPSA) is 59.8 Å². The summed E-state index contributed by atoms with van der Waals surface area (Å²) in [6.45, 7) is 0. The van der Waals surface area contributed by atoms with Crippen molar-refractivity contribution in [3.63, 3.8) is 0 Å². The van der Waals surface area contributed by atoms with Crippen molar-refractivity contribution in [2.45, 2.75) is 6.18 Å². The second kappa shape index (κ2) is 8.02. The maximum Gasteiger partial charge on any atom is 0.435 e. The lowest BCUT2D eigenvalue weighted by atomic mass is 10.2. The molecule has 0 spiro atoms. The summed E-state index contributed by atoms with van der Waals surface area (Å²) >= 11 is 0. The van der Waals surface area contributed by atoms with Crippen molar-refractivity contribution >= 4 is 11.6 Å². The van der Waals surface area contributed by atoms with Crippen LogP contribution in [0, 0.1) is 5.82 Å². The highest BCUT2D eigenvalue weighted by Gasteiger charge is 2.35. The first kappa shape index (κ1) is 20.3. The van der Waals surface area contributed by atoms with E-state index < -0.39 is 23.6 Å². The number of amides is 1. The molecule has 0 atom stereocenters. The van der Waals surface area contributed by atoms with Crippen LogP contribution in [0.5, 0.6) is 0 Å². The minimum absolute atomic E-state index is 0.118. The molecule has 4 rings (SSSR count). The van der Waals surface area contributed by atoms with Crippen molar-refractivity contribution in [3.8, 4) is 16.9 Å². The predicted octanol–water partition coefficient (Wildman–Crippen LogP) is 5.34. The van der Waals surface area contributed by atoms with Gasteiger partial charge in [-0.3, -0.25) is 9.78 Å². The monoisotopic (exact) mass is 426 g/mol. The van der Waals surface area contributed by atoms with Gasteiger partial charge in [-0.1, -0.05) is 12.1 Å². The van der Waals surface area contributed by atoms with E-state index in [0.29, 0.717) is 16.9 Å². The van der Waals surface area contributed by atoms with E-state index in [1.807, 2.05) is 0 Å². The lowest BCUT2D eigenvalue weighted by Crippen LogP contribution is -2.13. The molecule has 2 aromatic carbocycles. The molecule has 31 heavy (non-hydrogen) atoms. The van der Waals surface area contributed by atoms with E-state index in [1.165, 1.54) is 60.9 Å². The Kier molecular flexibility index (Phi) is 5.24. The lowest BCUT2D eigenvalue weighted by Gasteiger charge is -2.10. The van der Waals surface area contributed by atoms with Gasteiger partial charge in [0.2, 0.25) is 0 Å². The van der Waals surface area contributed by atoms with Crippen molar-refractivity contribution in [1.29, 1.82) is 0 Å². The summed E-state index contributed by atoms with van der Waals surface area (Å²) in [6, 6.07) is 15.7. The zero-order valence-corrected chi connectivity index (χ0v) is 15.8. The summed E-state index contributed by atoms with van der Waals surface area (Å²) in [5.74, 6) is -1.30. The largest absolute Gasteiger partial charge is 0.435 e. The number of hydrogen-bond donors (Lipinski definition) is 1. The zero-order valence-electron chi connectivity index (χ0n) is 15.8. The zero-order chi connectivity index (χ0) is 22.0. The van der Waals surface area contributed by atoms with E-state index in [9.17, 15) is 22.4 Å². The molecule has 0 aliphatic carbocycles. The summed E-state index contributed by atoms with van der Waals surface area (Å²) in [4.78, 5) is 16.2. The molecule has 0 saturated heterocycles. The van der Waals surface area contributed by atoms with Crippen molar-refractivity contribution in [2.24, 2.45) is 0 Å². The van der Waals surface area contributed by atoms with Gasteiger partial charge < -0.3 is 5.32 Å². The standard InChI is InChI=1S/C22H14F4N4O/c23-18-6-2-1-5-17(18)21(31)28-15-7-9-16(10-8-15)30-19(14-4-3-11-27-13-14)12-20(29-30)22(24,25)26/h1-13H,(H,28,31). The number of pyridine rings is 1. The summed E-state index contributed by atoms with van der Waals surface area (Å²) in [6.07, 6.45) is -1.66. The van der Waals surface area contributed by atoms with Crippen molar-refractivity contribution in [2.75, 3.05) is 5.32 Å². The minimum Gasteiger partial charge on any atom is -0.322 e. The molecule has 156 valence electrons. The molecule has 2 aromatic heterocycles. The molecule has 0 saturated carbocycles. The first-order valence-electron chi connectivity index (χ1n) is 9.07. The average molecular weight is 426 g/mol. The predicted molar refractivity (Wildman–Crippen MR) is 106 cm³/mol. The maximum atomic E-state index is 13.8. The molecule has 0 fully saturated rings. The first-order chi connectivity index (χ1) is 14.8. The molecular formula is C22H14F4N4O. The van der Waals surface area contributed by atoms with Crippen LogP contribution in [0.2, 0.25) is 0 Å². The number of halogens is 4. The van der Waals surface area contributed by atoms with Crippen LogP contribution in [-0.4, -0.2) is 20.7 Å². The maximum absolute atomic E-state index is 13.8. The third-order valence-corrected chi connectivity index (χ3v) is 4.45. The van der Waals surface area contributed by atoms with Crippen LogP contribution in [0.1, 0.15) is 16.1 Å². The van der Waals surface area contributed by atoms with E-state index >= 15 is 0 Å². The molecule has 5 nitrogen and oxygen atoms in total. The van der Waals surface area contributed by atoms with Gasteiger partial charge in [0.05, 0.1) is 16.9 Å². The minimum atomic E-state index is -4.62. The summed E-state index contributed by atoms with van der Waals surface area (Å²) in [7, 11) is 0. The van der Waals surface area contributed by atoms with Gasteiger partial charge >= 0.3 is 6.18 Å². The number of aromatic nitrogens is 3. The Morgan fingerprint density at radius 3 is 2.35 bits per heavy atom. The third-order valence-electron chi connectivity index (χ3n) is 4.45. The fourth-order valence-electron chi connectivity index (χ4n) is 2.97. The quantitative estimate of drug-likeness (QED) is 0.448. The van der Waals surface area contributed by atoms with Crippen LogP contribution in [0.4, 0.5) is 23.2 Å². The molecule has 2 heterocycles. The number of alkyl halides is 3. The molecule has 0 bridgehead atoms. The molecule has 1 N–H and O–H groups in total. The smallest absolute Gasteiger partial charge is 0.322 e. The molecule has 0 aliphatic rings. The normalized spacial score (nSPS) is 11.4. The summed E-state index contributed by atoms with van der Waals surface area (Å²) in [5, 5.41) is 6.26. The fraction of sp³-hybridized carbons (Fsp3) is 0.0455. The van der Waals surface area contributed by atoms with Gasteiger partial charge in [-0.05, 0) is 54.6 Å². The third kappa shape index (κ3) is 4.30. The number of anilines is 1. The van der Waals surface area contributed by atoms with Gasteiger partial charge in [0.1, 0.15) is 5.82 Å². The number of benzene rings is 2. The van der Waals surface area contributed by atoms with E-state index in [-0.39, 0.29) is 11.3 Å². The SMILES string of the molecule is O=C(Nc1ccc(-n2nc(C(F)(F)F)cc2-c2cccnc2)cc1)c1ccccc1F. The molecule has 1 amide bonds. The van der Waals surface area contributed by atoms with Gasteiger partial charge in [0.25, 0.3) is 5.91 Å². The second-order valence-corrected chi connectivity index (χ2v) is 6.55. The van der Waals surface area contributed by atoms with Gasteiger partial charge in [-0.2, -0.15) is 18.3 Å². The first-order valence-corrected chi connectivity index (χ1v) is 9.07. The van der Waals surface area contributed by atoms with Gasteiger partial charge in [0, 0.05) is 23.6 Å². The molecular weight excluding hydrogens is 412 g/mol. The second-order valence-electron chi connectivity index (χ2n) is 6.55. The number of nitrogens with one attached hydrogen (secondary N) is 1. The van der Waals surface area contributed by atoms with Crippen LogP contribution < -0.4 is 5.32 Å². The van der Waals surface area contributed by atoms with Crippen LogP contribution in [0.15, 0.2) is 79.1 Å². The molecule has 0 unspecified atom stereocenters. The Morgan fingerprint density at radius 1 is 0.968 bits per heavy atom. The lowest BCUT2D eigenvalue weighted by molar-refractivity contribution is -0.141. The Hall–Kier alpha value is -4.01. The number of nitrogens with zero attached hydrogens (tertiary/aromatic N) is 3. The summed E-state index contributed by atoms with van der Waals surface area (Å²) in [5.41, 5.74) is 0.211. The van der Waals surface area contributed by atoms with E-state index in [1.54, 1.807) is 12.1 Å². The van der Waals surface area contributed by atoms with Gasteiger partial charge in [-0.15, -0.1) is 0 Å². The fourth-order valence-corrected chi connectivity index (χ4v) is 2.97. The van der Waals surface area contributed by atoms with E-state index in [2.05, 4.69) is 15.4 Å². The van der Waals surface area contributed by atoms with Crippen LogP contribution in [0.25, 0.3) is 16.9 Å². The van der Waals surface area contributed by atoms with Crippen LogP contribution >= 0.6 is 0 Å².